The third-order valence-corrected chi connectivity index (χ3v) is 3.14. The normalized spacial score (nSPS) is 28.2. The van der Waals surface area contributed by atoms with Crippen LogP contribution in [0.4, 0.5) is 0 Å². The van der Waals surface area contributed by atoms with Gasteiger partial charge in [0.1, 0.15) is 6.04 Å². The Kier molecular flexibility index (Phi) is 2.22. The summed E-state index contributed by atoms with van der Waals surface area (Å²) in [4.78, 5) is 13.6. The van der Waals surface area contributed by atoms with Crippen LogP contribution in [-0.4, -0.2) is 23.4 Å². The highest BCUT2D eigenvalue weighted by molar-refractivity contribution is 5.80. The second kappa shape index (κ2) is 3.37. The van der Waals surface area contributed by atoms with Crippen LogP contribution in [0, 0.1) is 17.2 Å². The molecule has 1 atom stereocenters. The van der Waals surface area contributed by atoms with Gasteiger partial charge in [-0.2, -0.15) is 5.26 Å². The van der Waals surface area contributed by atoms with Crippen LogP contribution in [0.1, 0.15) is 32.1 Å². The molecule has 13 heavy (non-hydrogen) atoms. The Balaban J connectivity index is 1.99. The molecule has 3 nitrogen and oxygen atoms in total. The number of nitrogens with zero attached hydrogens (tertiary/aromatic N) is 2. The second-order valence-corrected chi connectivity index (χ2v) is 3.95. The number of hydrogen-bond acceptors (Lipinski definition) is 2. The molecule has 1 saturated carbocycles. The predicted octanol–water partition coefficient (Wildman–Crippen LogP) is 1.30. The molecule has 1 aliphatic carbocycles. The van der Waals surface area contributed by atoms with Gasteiger partial charge in [-0.25, -0.2) is 0 Å². The number of carbonyl (C=O) groups is 1. The van der Waals surface area contributed by atoms with Crippen LogP contribution in [0.5, 0.6) is 0 Å². The van der Waals surface area contributed by atoms with Gasteiger partial charge in [-0.05, 0) is 25.7 Å². The molecular weight excluding hydrogens is 164 g/mol. The van der Waals surface area contributed by atoms with Crippen LogP contribution >= 0.6 is 0 Å². The van der Waals surface area contributed by atoms with E-state index >= 15 is 0 Å². The van der Waals surface area contributed by atoms with Gasteiger partial charge >= 0.3 is 0 Å². The highest BCUT2D eigenvalue weighted by Crippen LogP contribution is 2.30. The third-order valence-electron chi connectivity index (χ3n) is 3.14. The van der Waals surface area contributed by atoms with Crippen molar-refractivity contribution in [3.05, 3.63) is 0 Å². The van der Waals surface area contributed by atoms with Gasteiger partial charge in [-0.1, -0.05) is 6.42 Å². The van der Waals surface area contributed by atoms with Crippen molar-refractivity contribution < 1.29 is 4.79 Å². The Hall–Kier alpha value is -1.04. The van der Waals surface area contributed by atoms with Gasteiger partial charge in [0.05, 0.1) is 6.07 Å². The largest absolute Gasteiger partial charge is 0.326 e. The van der Waals surface area contributed by atoms with Crippen molar-refractivity contribution in [2.24, 2.45) is 5.92 Å². The first-order valence-electron chi connectivity index (χ1n) is 5.03. The molecule has 0 N–H and O–H groups in total. The number of amides is 1. The number of rotatable bonds is 1. The van der Waals surface area contributed by atoms with Gasteiger partial charge in [-0.3, -0.25) is 4.79 Å². The Morgan fingerprint density at radius 2 is 2.08 bits per heavy atom. The minimum absolute atomic E-state index is 0.131. The molecule has 0 radical (unpaired) electrons. The third kappa shape index (κ3) is 1.41. The minimum atomic E-state index is -0.131. The predicted molar refractivity (Wildman–Crippen MR) is 47.7 cm³/mol. The number of likely N-dealkylation sites (tertiary alicyclic amines) is 1. The van der Waals surface area contributed by atoms with E-state index in [0.717, 1.165) is 32.2 Å². The van der Waals surface area contributed by atoms with Gasteiger partial charge in [0.25, 0.3) is 0 Å². The maximum absolute atomic E-state index is 11.8. The van der Waals surface area contributed by atoms with Crippen molar-refractivity contribution >= 4 is 5.91 Å². The fourth-order valence-electron chi connectivity index (χ4n) is 2.05. The van der Waals surface area contributed by atoms with Crippen molar-refractivity contribution in [3.8, 4) is 6.07 Å². The first-order valence-corrected chi connectivity index (χ1v) is 5.03. The van der Waals surface area contributed by atoms with E-state index in [1.807, 2.05) is 0 Å². The Morgan fingerprint density at radius 1 is 1.31 bits per heavy atom. The topological polar surface area (TPSA) is 44.1 Å². The van der Waals surface area contributed by atoms with Crippen LogP contribution in [0.2, 0.25) is 0 Å². The van der Waals surface area contributed by atoms with Gasteiger partial charge in [-0.15, -0.1) is 0 Å². The second-order valence-electron chi connectivity index (χ2n) is 3.95. The van der Waals surface area contributed by atoms with Crippen LogP contribution in [0.15, 0.2) is 0 Å². The zero-order valence-electron chi connectivity index (χ0n) is 7.70. The van der Waals surface area contributed by atoms with E-state index < -0.39 is 0 Å². The molecule has 1 amide bonds. The summed E-state index contributed by atoms with van der Waals surface area (Å²) in [7, 11) is 0. The van der Waals surface area contributed by atoms with Crippen LogP contribution in [0.3, 0.4) is 0 Å². The zero-order chi connectivity index (χ0) is 9.26. The first-order chi connectivity index (χ1) is 6.33. The molecule has 1 saturated heterocycles. The number of hydrogen-bond donors (Lipinski definition) is 0. The molecule has 2 fully saturated rings. The van der Waals surface area contributed by atoms with Crippen LogP contribution < -0.4 is 0 Å². The fraction of sp³-hybridized carbons (Fsp3) is 0.800. The van der Waals surface area contributed by atoms with E-state index in [0.29, 0.717) is 0 Å². The quantitative estimate of drug-likeness (QED) is 0.607. The minimum Gasteiger partial charge on any atom is -0.326 e. The summed E-state index contributed by atoms with van der Waals surface area (Å²) in [5, 5.41) is 8.81. The van der Waals surface area contributed by atoms with Crippen LogP contribution in [0.25, 0.3) is 0 Å². The Morgan fingerprint density at radius 3 is 2.62 bits per heavy atom. The first kappa shape index (κ1) is 8.55. The van der Waals surface area contributed by atoms with Gasteiger partial charge in [0.15, 0.2) is 0 Å². The summed E-state index contributed by atoms with van der Waals surface area (Å²) in [5.41, 5.74) is 0. The van der Waals surface area contributed by atoms with Crippen LogP contribution in [-0.2, 0) is 4.79 Å². The highest BCUT2D eigenvalue weighted by Gasteiger charge is 2.35. The molecule has 0 spiro atoms. The molecule has 2 rings (SSSR count). The summed E-state index contributed by atoms with van der Waals surface area (Å²) in [6, 6.07) is 2.07. The highest BCUT2D eigenvalue weighted by atomic mass is 16.2. The number of carbonyl (C=O) groups excluding carboxylic acids is 1. The molecule has 70 valence electrons. The van der Waals surface area contributed by atoms with Crippen molar-refractivity contribution in [2.75, 3.05) is 6.54 Å². The van der Waals surface area contributed by atoms with Gasteiger partial charge < -0.3 is 4.90 Å². The molecule has 3 heteroatoms. The lowest BCUT2D eigenvalue weighted by Crippen LogP contribution is -2.41. The standard InChI is InChI=1S/C10H14N2O/c11-7-9-5-2-6-12(9)10(13)8-3-1-4-8/h8-9H,1-6H2. The maximum atomic E-state index is 11.8. The molecule has 0 bridgehead atoms. The fourth-order valence-corrected chi connectivity index (χ4v) is 2.05. The van der Waals surface area contributed by atoms with Gasteiger partial charge in [0, 0.05) is 12.5 Å². The molecule has 0 aromatic carbocycles. The molecule has 1 heterocycles. The molecule has 1 aliphatic heterocycles. The van der Waals surface area contributed by atoms with E-state index in [1.165, 1.54) is 6.42 Å². The summed E-state index contributed by atoms with van der Waals surface area (Å²) in [6.45, 7) is 0.799. The lowest BCUT2D eigenvalue weighted by molar-refractivity contribution is -0.138. The SMILES string of the molecule is N#CC1CCCN1C(=O)C1CCC1. The van der Waals surface area contributed by atoms with E-state index in [2.05, 4.69) is 6.07 Å². The van der Waals surface area contributed by atoms with Crippen molar-refractivity contribution in [3.63, 3.8) is 0 Å². The van der Waals surface area contributed by atoms with Gasteiger partial charge in [0.2, 0.25) is 5.91 Å². The van der Waals surface area contributed by atoms with Crippen molar-refractivity contribution in [2.45, 2.75) is 38.1 Å². The van der Waals surface area contributed by atoms with E-state index in [1.54, 1.807) is 4.90 Å². The lowest BCUT2D eigenvalue weighted by Gasteiger charge is -2.30. The Bertz CT molecular complexity index is 252. The summed E-state index contributed by atoms with van der Waals surface area (Å²) in [6.07, 6.45) is 5.12. The Labute approximate surface area is 78.3 Å². The average Bonchev–Trinajstić information content (AvgIpc) is 2.47. The number of nitriles is 1. The van der Waals surface area contributed by atoms with E-state index in [9.17, 15) is 4.79 Å². The molecule has 2 aliphatic rings. The molecule has 0 aromatic heterocycles. The lowest BCUT2D eigenvalue weighted by atomic mass is 9.84. The average molecular weight is 178 g/mol. The summed E-state index contributed by atoms with van der Waals surface area (Å²) < 4.78 is 0. The zero-order valence-corrected chi connectivity index (χ0v) is 7.70. The van der Waals surface area contributed by atoms with Crippen molar-refractivity contribution in [1.82, 2.24) is 4.90 Å². The maximum Gasteiger partial charge on any atom is 0.226 e. The smallest absolute Gasteiger partial charge is 0.226 e. The monoisotopic (exact) mass is 178 g/mol. The molecular formula is C10H14N2O. The van der Waals surface area contributed by atoms with E-state index in [4.69, 9.17) is 5.26 Å². The van der Waals surface area contributed by atoms with Crippen molar-refractivity contribution in [1.29, 1.82) is 5.26 Å². The molecule has 1 unspecified atom stereocenters. The summed E-state index contributed by atoms with van der Waals surface area (Å²) >= 11 is 0. The van der Waals surface area contributed by atoms with E-state index in [-0.39, 0.29) is 17.9 Å². The summed E-state index contributed by atoms with van der Waals surface area (Å²) in [5.74, 6) is 0.476. The molecule has 0 aromatic rings.